The van der Waals surface area contributed by atoms with Crippen molar-refractivity contribution in [1.82, 2.24) is 4.90 Å². The van der Waals surface area contributed by atoms with E-state index in [4.69, 9.17) is 25.4 Å². The molecule has 1 unspecified atom stereocenters. The fraction of sp³-hybridized carbons (Fsp3) is 0.391. The monoisotopic (exact) mass is 379 g/mol. The number of ether oxygens (including phenoxy) is 4. The third-order valence-electron chi connectivity index (χ3n) is 4.96. The van der Waals surface area contributed by atoms with E-state index in [1.807, 2.05) is 18.2 Å². The van der Waals surface area contributed by atoms with Gasteiger partial charge in [0.05, 0.1) is 6.10 Å². The summed E-state index contributed by atoms with van der Waals surface area (Å²) in [7, 11) is 0. The van der Waals surface area contributed by atoms with Crippen molar-refractivity contribution in [1.29, 1.82) is 0 Å². The smallest absolute Gasteiger partial charge is 0.231 e. The molecular weight excluding hydrogens is 354 g/mol. The van der Waals surface area contributed by atoms with Crippen molar-refractivity contribution in [3.63, 3.8) is 0 Å². The summed E-state index contributed by atoms with van der Waals surface area (Å²) in [6.45, 7) is 3.94. The quantitative estimate of drug-likeness (QED) is 0.656. The normalized spacial score (nSPS) is 17.6. The van der Waals surface area contributed by atoms with Gasteiger partial charge in [-0.3, -0.25) is 4.90 Å². The molecule has 1 saturated heterocycles. The Balaban J connectivity index is 1.47. The highest BCUT2D eigenvalue weighted by atomic mass is 16.7. The van der Waals surface area contributed by atoms with E-state index < -0.39 is 0 Å². The summed E-state index contributed by atoms with van der Waals surface area (Å²) in [5.41, 5.74) is 2.38. The lowest BCUT2D eigenvalue weighted by molar-refractivity contribution is 0.0679. The van der Waals surface area contributed by atoms with Crippen LogP contribution in [0.2, 0.25) is 0 Å². The van der Waals surface area contributed by atoms with Gasteiger partial charge < -0.3 is 18.9 Å². The predicted molar refractivity (Wildman–Crippen MR) is 106 cm³/mol. The molecule has 0 bridgehead atoms. The molecule has 0 N–H and O–H groups in total. The SMILES string of the molecule is C#CCOc1cccc(CN(Cc2ccc3c(c2)OCO3)CC2CCCO2)c1. The maximum absolute atomic E-state index is 5.88. The van der Waals surface area contributed by atoms with E-state index in [-0.39, 0.29) is 12.7 Å². The van der Waals surface area contributed by atoms with Crippen molar-refractivity contribution in [3.8, 4) is 29.6 Å². The number of nitrogens with zero attached hydrogens (tertiary/aromatic N) is 1. The number of benzene rings is 2. The zero-order valence-electron chi connectivity index (χ0n) is 15.9. The Morgan fingerprint density at radius 3 is 2.75 bits per heavy atom. The van der Waals surface area contributed by atoms with Gasteiger partial charge in [0.25, 0.3) is 0 Å². The van der Waals surface area contributed by atoms with Crippen LogP contribution in [0.3, 0.4) is 0 Å². The lowest BCUT2D eigenvalue weighted by atomic mass is 10.1. The lowest BCUT2D eigenvalue weighted by Gasteiger charge is -2.25. The molecule has 2 aliphatic heterocycles. The Kier molecular flexibility index (Phi) is 6.01. The van der Waals surface area contributed by atoms with Crippen molar-refractivity contribution in [2.45, 2.75) is 32.0 Å². The molecule has 5 nitrogen and oxygen atoms in total. The Bertz CT molecular complexity index is 839. The number of terminal acetylenes is 1. The van der Waals surface area contributed by atoms with Crippen molar-refractivity contribution in [3.05, 3.63) is 53.6 Å². The van der Waals surface area contributed by atoms with Gasteiger partial charge in [0.1, 0.15) is 12.4 Å². The Morgan fingerprint density at radius 2 is 1.93 bits per heavy atom. The van der Waals surface area contributed by atoms with Crippen molar-refractivity contribution >= 4 is 0 Å². The molecule has 2 aliphatic rings. The topological polar surface area (TPSA) is 40.2 Å². The van der Waals surface area contributed by atoms with E-state index in [1.54, 1.807) is 0 Å². The van der Waals surface area contributed by atoms with Crippen LogP contribution >= 0.6 is 0 Å². The van der Waals surface area contributed by atoms with Gasteiger partial charge >= 0.3 is 0 Å². The molecule has 1 atom stereocenters. The first-order chi connectivity index (χ1) is 13.8. The first-order valence-electron chi connectivity index (χ1n) is 9.68. The maximum Gasteiger partial charge on any atom is 0.231 e. The molecule has 2 aromatic rings. The summed E-state index contributed by atoms with van der Waals surface area (Å²) in [6.07, 6.45) is 7.83. The van der Waals surface area contributed by atoms with Crippen LogP contribution < -0.4 is 14.2 Å². The van der Waals surface area contributed by atoms with E-state index in [2.05, 4.69) is 35.1 Å². The summed E-state index contributed by atoms with van der Waals surface area (Å²) in [6, 6.07) is 14.3. The van der Waals surface area contributed by atoms with Crippen LogP contribution in [0.4, 0.5) is 0 Å². The van der Waals surface area contributed by atoms with E-state index in [0.29, 0.717) is 6.79 Å². The minimum Gasteiger partial charge on any atom is -0.481 e. The molecule has 0 radical (unpaired) electrons. The van der Waals surface area contributed by atoms with E-state index in [1.165, 1.54) is 11.1 Å². The summed E-state index contributed by atoms with van der Waals surface area (Å²) >= 11 is 0. The molecule has 28 heavy (non-hydrogen) atoms. The average molecular weight is 379 g/mol. The van der Waals surface area contributed by atoms with Gasteiger partial charge in [-0.2, -0.15) is 0 Å². The largest absolute Gasteiger partial charge is 0.481 e. The summed E-state index contributed by atoms with van der Waals surface area (Å²) in [5, 5.41) is 0. The van der Waals surface area contributed by atoms with Crippen LogP contribution in [0.15, 0.2) is 42.5 Å². The molecule has 0 saturated carbocycles. The molecule has 0 aliphatic carbocycles. The molecule has 2 heterocycles. The van der Waals surface area contributed by atoms with Gasteiger partial charge in [0.15, 0.2) is 11.5 Å². The summed E-state index contributed by atoms with van der Waals surface area (Å²) in [5.74, 6) is 4.94. The number of hydrogen-bond donors (Lipinski definition) is 0. The van der Waals surface area contributed by atoms with E-state index >= 15 is 0 Å². The van der Waals surface area contributed by atoms with Crippen LogP contribution in [0.1, 0.15) is 24.0 Å². The predicted octanol–water partition coefficient (Wildman–Crippen LogP) is 3.61. The minimum atomic E-state index is 0.278. The number of hydrogen-bond acceptors (Lipinski definition) is 5. The first-order valence-corrected chi connectivity index (χ1v) is 9.68. The van der Waals surface area contributed by atoms with E-state index in [9.17, 15) is 0 Å². The lowest BCUT2D eigenvalue weighted by Crippen LogP contribution is -2.31. The van der Waals surface area contributed by atoms with Crippen molar-refractivity contribution < 1.29 is 18.9 Å². The molecule has 0 amide bonds. The Labute approximate surface area is 166 Å². The van der Waals surface area contributed by atoms with E-state index in [0.717, 1.165) is 56.3 Å². The van der Waals surface area contributed by atoms with Crippen LogP contribution in [-0.2, 0) is 17.8 Å². The van der Waals surface area contributed by atoms with Crippen molar-refractivity contribution in [2.24, 2.45) is 0 Å². The molecule has 0 aromatic heterocycles. The standard InChI is InChI=1S/C23H25NO4/c1-2-10-25-20-6-3-5-18(12-20)14-24(16-21-7-4-11-26-21)15-19-8-9-22-23(13-19)28-17-27-22/h1,3,5-6,8-9,12-13,21H,4,7,10-11,14-17H2. The third kappa shape index (κ3) is 4.78. The third-order valence-corrected chi connectivity index (χ3v) is 4.96. The molecular formula is C23H25NO4. The number of rotatable bonds is 8. The number of fused-ring (bicyclic) bond motifs is 1. The van der Waals surface area contributed by atoms with Crippen LogP contribution in [0.25, 0.3) is 0 Å². The van der Waals surface area contributed by atoms with Gasteiger partial charge in [-0.15, -0.1) is 6.42 Å². The van der Waals surface area contributed by atoms with Crippen LogP contribution in [0.5, 0.6) is 17.2 Å². The van der Waals surface area contributed by atoms with Gasteiger partial charge in [0.2, 0.25) is 6.79 Å². The Hall–Kier alpha value is -2.68. The second kappa shape index (κ2) is 9.01. The summed E-state index contributed by atoms with van der Waals surface area (Å²) in [4.78, 5) is 2.41. The highest BCUT2D eigenvalue weighted by Crippen LogP contribution is 2.33. The minimum absolute atomic E-state index is 0.278. The first kappa shape index (κ1) is 18.7. The Morgan fingerprint density at radius 1 is 1.07 bits per heavy atom. The fourth-order valence-corrected chi connectivity index (χ4v) is 3.68. The fourth-order valence-electron chi connectivity index (χ4n) is 3.68. The molecule has 146 valence electrons. The van der Waals surface area contributed by atoms with Gasteiger partial charge in [-0.25, -0.2) is 0 Å². The maximum atomic E-state index is 5.88. The van der Waals surface area contributed by atoms with Gasteiger partial charge in [-0.05, 0) is 48.2 Å². The molecule has 1 fully saturated rings. The highest BCUT2D eigenvalue weighted by Gasteiger charge is 2.21. The summed E-state index contributed by atoms with van der Waals surface area (Å²) < 4.78 is 22.4. The molecule has 2 aromatic carbocycles. The van der Waals surface area contributed by atoms with Crippen molar-refractivity contribution in [2.75, 3.05) is 26.6 Å². The molecule has 5 heteroatoms. The zero-order valence-corrected chi connectivity index (χ0v) is 15.9. The molecule has 4 rings (SSSR count). The zero-order chi connectivity index (χ0) is 19.2. The van der Waals surface area contributed by atoms with Crippen LogP contribution in [0, 0.1) is 12.3 Å². The average Bonchev–Trinajstić information content (AvgIpc) is 3.38. The molecule has 0 spiro atoms. The van der Waals surface area contributed by atoms with Gasteiger partial charge in [0, 0.05) is 26.2 Å². The highest BCUT2D eigenvalue weighted by molar-refractivity contribution is 5.44. The van der Waals surface area contributed by atoms with Crippen LogP contribution in [-0.4, -0.2) is 37.6 Å². The van der Waals surface area contributed by atoms with Gasteiger partial charge in [-0.1, -0.05) is 24.1 Å². The second-order valence-electron chi connectivity index (χ2n) is 7.13. The second-order valence-corrected chi connectivity index (χ2v) is 7.13.